The zero-order chi connectivity index (χ0) is 15.8. The van der Waals surface area contributed by atoms with E-state index in [4.69, 9.17) is 5.73 Å². The van der Waals surface area contributed by atoms with Gasteiger partial charge in [0, 0.05) is 18.6 Å². The Balaban J connectivity index is 2.09. The van der Waals surface area contributed by atoms with Crippen LogP contribution in [0.4, 0.5) is 10.1 Å². The van der Waals surface area contributed by atoms with E-state index in [1.807, 2.05) is 14.0 Å². The SMILES string of the molecule is Cc1cc(F)c(N)cc1S(=O)(=O)NCC(C)N(C)C1CC1. The first-order valence-corrected chi connectivity index (χ1v) is 8.48. The summed E-state index contributed by atoms with van der Waals surface area (Å²) in [5.74, 6) is -0.603. The predicted molar refractivity (Wildman–Crippen MR) is 81.0 cm³/mol. The quantitative estimate of drug-likeness (QED) is 0.780. The van der Waals surface area contributed by atoms with Crippen molar-refractivity contribution in [2.45, 2.75) is 43.7 Å². The van der Waals surface area contributed by atoms with Crippen LogP contribution in [0.25, 0.3) is 0 Å². The van der Waals surface area contributed by atoms with Crippen molar-refractivity contribution >= 4 is 15.7 Å². The molecule has 0 radical (unpaired) electrons. The van der Waals surface area contributed by atoms with Gasteiger partial charge in [0.2, 0.25) is 10.0 Å². The van der Waals surface area contributed by atoms with Crippen LogP contribution in [-0.2, 0) is 10.0 Å². The lowest BCUT2D eigenvalue weighted by molar-refractivity contribution is 0.248. The maximum absolute atomic E-state index is 13.3. The first-order chi connectivity index (χ1) is 9.72. The lowest BCUT2D eigenvalue weighted by Gasteiger charge is -2.24. The molecule has 7 heteroatoms. The molecule has 1 unspecified atom stereocenters. The molecule has 1 aromatic carbocycles. The normalized spacial score (nSPS) is 17.2. The standard InChI is InChI=1S/C14H22FN3O2S/c1-9-6-12(15)13(16)7-14(9)21(19,20)17-8-10(2)18(3)11-4-5-11/h6-7,10-11,17H,4-5,8,16H2,1-3H3. The predicted octanol–water partition coefficient (Wildman–Crippen LogP) is 1.48. The molecule has 0 amide bonds. The van der Waals surface area contributed by atoms with Gasteiger partial charge in [0.05, 0.1) is 10.6 Å². The number of hydrogen-bond acceptors (Lipinski definition) is 4. The van der Waals surface area contributed by atoms with Crippen LogP contribution >= 0.6 is 0 Å². The van der Waals surface area contributed by atoms with Crippen molar-refractivity contribution in [1.29, 1.82) is 0 Å². The third-order valence-electron chi connectivity index (χ3n) is 3.97. The van der Waals surface area contributed by atoms with Gasteiger partial charge in [0.15, 0.2) is 0 Å². The molecule has 1 aliphatic carbocycles. The molecule has 0 aromatic heterocycles. The Morgan fingerprint density at radius 3 is 2.67 bits per heavy atom. The minimum atomic E-state index is -3.69. The maximum atomic E-state index is 13.3. The van der Waals surface area contributed by atoms with Crippen LogP contribution in [0, 0.1) is 12.7 Å². The Bertz CT molecular complexity index is 629. The Labute approximate surface area is 125 Å². The molecule has 0 spiro atoms. The van der Waals surface area contributed by atoms with E-state index in [9.17, 15) is 12.8 Å². The highest BCUT2D eigenvalue weighted by molar-refractivity contribution is 7.89. The van der Waals surface area contributed by atoms with Crippen molar-refractivity contribution < 1.29 is 12.8 Å². The van der Waals surface area contributed by atoms with E-state index in [0.717, 1.165) is 6.07 Å². The zero-order valence-electron chi connectivity index (χ0n) is 12.6. The van der Waals surface area contributed by atoms with Gasteiger partial charge >= 0.3 is 0 Å². The van der Waals surface area contributed by atoms with E-state index in [1.165, 1.54) is 18.9 Å². The van der Waals surface area contributed by atoms with Gasteiger partial charge in [-0.3, -0.25) is 4.90 Å². The van der Waals surface area contributed by atoms with Gasteiger partial charge in [-0.15, -0.1) is 0 Å². The highest BCUT2D eigenvalue weighted by Crippen LogP contribution is 2.27. The fourth-order valence-electron chi connectivity index (χ4n) is 2.25. The van der Waals surface area contributed by atoms with E-state index in [1.54, 1.807) is 6.92 Å². The van der Waals surface area contributed by atoms with E-state index >= 15 is 0 Å². The second kappa shape index (κ2) is 5.90. The minimum Gasteiger partial charge on any atom is -0.396 e. The van der Waals surface area contributed by atoms with Crippen LogP contribution in [0.5, 0.6) is 0 Å². The first-order valence-electron chi connectivity index (χ1n) is 6.99. The lowest BCUT2D eigenvalue weighted by Crippen LogP contribution is -2.41. The third-order valence-corrected chi connectivity index (χ3v) is 5.54. The summed E-state index contributed by atoms with van der Waals surface area (Å²) in [5.41, 5.74) is 5.64. The Hall–Kier alpha value is -1.18. The molecule has 0 aliphatic heterocycles. The smallest absolute Gasteiger partial charge is 0.240 e. The molecule has 0 bridgehead atoms. The van der Waals surface area contributed by atoms with Gasteiger partial charge < -0.3 is 5.73 Å². The van der Waals surface area contributed by atoms with Crippen molar-refractivity contribution in [3.05, 3.63) is 23.5 Å². The molecule has 5 nitrogen and oxygen atoms in total. The third kappa shape index (κ3) is 3.72. The second-order valence-electron chi connectivity index (χ2n) is 5.74. The van der Waals surface area contributed by atoms with Gasteiger partial charge in [0.25, 0.3) is 0 Å². The summed E-state index contributed by atoms with van der Waals surface area (Å²) in [5, 5.41) is 0. The van der Waals surface area contributed by atoms with Crippen molar-refractivity contribution in [1.82, 2.24) is 9.62 Å². The number of anilines is 1. The Kier molecular flexibility index (Phi) is 4.55. The molecular formula is C14H22FN3O2S. The molecule has 3 N–H and O–H groups in total. The molecule has 1 aliphatic rings. The first kappa shape index (κ1) is 16.2. The number of hydrogen-bond donors (Lipinski definition) is 2. The average molecular weight is 315 g/mol. The Morgan fingerprint density at radius 2 is 2.10 bits per heavy atom. The summed E-state index contributed by atoms with van der Waals surface area (Å²) in [6.07, 6.45) is 2.34. The second-order valence-corrected chi connectivity index (χ2v) is 7.47. The monoisotopic (exact) mass is 315 g/mol. The van der Waals surface area contributed by atoms with Crippen molar-refractivity contribution in [2.24, 2.45) is 0 Å². The summed E-state index contributed by atoms with van der Waals surface area (Å²) < 4.78 is 40.5. The van der Waals surface area contributed by atoms with Gasteiger partial charge in [-0.25, -0.2) is 17.5 Å². The number of aryl methyl sites for hydroxylation is 1. The number of nitrogens with zero attached hydrogens (tertiary/aromatic N) is 1. The molecule has 1 aromatic rings. The highest BCUT2D eigenvalue weighted by atomic mass is 32.2. The van der Waals surface area contributed by atoms with Crippen molar-refractivity contribution in [3.63, 3.8) is 0 Å². The van der Waals surface area contributed by atoms with Crippen LogP contribution < -0.4 is 10.5 Å². The summed E-state index contributed by atoms with van der Waals surface area (Å²) in [6.45, 7) is 3.84. The fraction of sp³-hybridized carbons (Fsp3) is 0.571. The lowest BCUT2D eigenvalue weighted by atomic mass is 10.2. The number of benzene rings is 1. The summed E-state index contributed by atoms with van der Waals surface area (Å²) in [4.78, 5) is 2.21. The molecule has 0 saturated heterocycles. The Morgan fingerprint density at radius 1 is 1.48 bits per heavy atom. The molecule has 1 atom stereocenters. The average Bonchev–Trinajstić information content (AvgIpc) is 3.23. The molecular weight excluding hydrogens is 293 g/mol. The molecule has 118 valence electrons. The van der Waals surface area contributed by atoms with Gasteiger partial charge in [-0.2, -0.15) is 0 Å². The van der Waals surface area contributed by atoms with E-state index < -0.39 is 15.8 Å². The van der Waals surface area contributed by atoms with Crippen LogP contribution in [0.1, 0.15) is 25.3 Å². The van der Waals surface area contributed by atoms with Crippen molar-refractivity contribution in [3.8, 4) is 0 Å². The van der Waals surface area contributed by atoms with Crippen LogP contribution in [0.2, 0.25) is 0 Å². The minimum absolute atomic E-state index is 0.0303. The van der Waals surface area contributed by atoms with E-state index in [0.29, 0.717) is 18.2 Å². The number of halogens is 1. The number of sulfonamides is 1. The van der Waals surface area contributed by atoms with Crippen LogP contribution in [-0.4, -0.2) is 39.0 Å². The molecule has 0 heterocycles. The number of nitrogens with two attached hydrogens (primary N) is 1. The van der Waals surface area contributed by atoms with Crippen molar-refractivity contribution in [2.75, 3.05) is 19.3 Å². The molecule has 21 heavy (non-hydrogen) atoms. The fourth-order valence-corrected chi connectivity index (χ4v) is 3.63. The summed E-state index contributed by atoms with van der Waals surface area (Å²) in [6, 6.07) is 2.98. The highest BCUT2D eigenvalue weighted by Gasteiger charge is 2.29. The largest absolute Gasteiger partial charge is 0.396 e. The zero-order valence-corrected chi connectivity index (χ0v) is 13.4. The number of nitrogen functional groups attached to an aromatic ring is 1. The topological polar surface area (TPSA) is 75.4 Å². The van der Waals surface area contributed by atoms with E-state index in [2.05, 4.69) is 9.62 Å². The maximum Gasteiger partial charge on any atom is 0.240 e. The van der Waals surface area contributed by atoms with Gasteiger partial charge in [-0.1, -0.05) is 0 Å². The van der Waals surface area contributed by atoms with E-state index in [-0.39, 0.29) is 16.6 Å². The van der Waals surface area contributed by atoms with Crippen LogP contribution in [0.3, 0.4) is 0 Å². The van der Waals surface area contributed by atoms with Gasteiger partial charge in [-0.05, 0) is 51.4 Å². The van der Waals surface area contributed by atoms with Crippen LogP contribution in [0.15, 0.2) is 17.0 Å². The molecule has 1 fully saturated rings. The number of likely N-dealkylation sites (N-methyl/N-ethyl adjacent to an activating group) is 1. The number of nitrogens with one attached hydrogen (secondary N) is 1. The molecule has 2 rings (SSSR count). The molecule has 1 saturated carbocycles. The summed E-state index contributed by atoms with van der Waals surface area (Å²) >= 11 is 0. The number of rotatable bonds is 6. The van der Waals surface area contributed by atoms with Gasteiger partial charge in [0.1, 0.15) is 5.82 Å². The summed E-state index contributed by atoms with van der Waals surface area (Å²) in [7, 11) is -1.69.